The normalized spacial score (nSPS) is 14.3. The lowest BCUT2D eigenvalue weighted by molar-refractivity contribution is 0.0743. The molecule has 0 saturated carbocycles. The first-order chi connectivity index (χ1) is 13.9. The highest BCUT2D eigenvalue weighted by molar-refractivity contribution is 7.94. The van der Waals surface area contributed by atoms with Crippen LogP contribution in [0.25, 0.3) is 11.4 Å². The van der Waals surface area contributed by atoms with Gasteiger partial charge in [-0.05, 0) is 38.0 Å². The summed E-state index contributed by atoms with van der Waals surface area (Å²) in [6, 6.07) is 8.74. The number of carbonyl (C=O) groups is 1. The van der Waals surface area contributed by atoms with Gasteiger partial charge in [-0.25, -0.2) is 8.42 Å². The molecule has 4 rings (SSSR count). The largest absolute Gasteiger partial charge is 0.334 e. The van der Waals surface area contributed by atoms with Crippen LogP contribution in [0.15, 0.2) is 44.4 Å². The molecule has 29 heavy (non-hydrogen) atoms. The quantitative estimate of drug-likeness (QED) is 0.614. The van der Waals surface area contributed by atoms with E-state index < -0.39 is 10.0 Å². The van der Waals surface area contributed by atoms with E-state index in [4.69, 9.17) is 4.52 Å². The number of anilines is 1. The van der Waals surface area contributed by atoms with Gasteiger partial charge in [-0.15, -0.1) is 11.3 Å². The molecule has 0 N–H and O–H groups in total. The standard InChI is InChI=1S/C19H20N4O4S2/c1-13-5-7-15(8-6-13)22(2)29(25,26)16-11-14(12-28-16)17-20-18(27-21-17)19(24)23-9-3-4-10-23/h5-8,11-12H,3-4,9-10H2,1-2H3. The fourth-order valence-corrected chi connectivity index (χ4v) is 5.60. The molecule has 152 valence electrons. The Hall–Kier alpha value is -2.72. The van der Waals surface area contributed by atoms with Crippen molar-refractivity contribution in [2.45, 2.75) is 24.0 Å². The van der Waals surface area contributed by atoms with E-state index in [9.17, 15) is 13.2 Å². The third kappa shape index (κ3) is 3.77. The maximum Gasteiger partial charge on any atom is 0.316 e. The summed E-state index contributed by atoms with van der Waals surface area (Å²) in [4.78, 5) is 18.2. The second kappa shape index (κ2) is 7.60. The monoisotopic (exact) mass is 432 g/mol. The Bertz CT molecular complexity index is 1130. The lowest BCUT2D eigenvalue weighted by atomic mass is 10.2. The molecule has 0 bridgehead atoms. The van der Waals surface area contributed by atoms with Crippen LogP contribution in [0, 0.1) is 6.92 Å². The van der Waals surface area contributed by atoms with E-state index in [0.717, 1.165) is 29.7 Å². The fraction of sp³-hybridized carbons (Fsp3) is 0.316. The molecule has 0 radical (unpaired) electrons. The first kappa shape index (κ1) is 19.6. The Morgan fingerprint density at radius 3 is 2.59 bits per heavy atom. The van der Waals surface area contributed by atoms with Crippen molar-refractivity contribution >= 4 is 33.0 Å². The minimum atomic E-state index is -3.72. The molecule has 0 spiro atoms. The lowest BCUT2D eigenvalue weighted by Crippen LogP contribution is -2.27. The summed E-state index contributed by atoms with van der Waals surface area (Å²) in [5.74, 6) is -0.166. The van der Waals surface area contributed by atoms with Gasteiger partial charge in [0.2, 0.25) is 5.82 Å². The van der Waals surface area contributed by atoms with E-state index in [0.29, 0.717) is 24.3 Å². The smallest absolute Gasteiger partial charge is 0.316 e. The second-order valence-electron chi connectivity index (χ2n) is 6.88. The zero-order valence-corrected chi connectivity index (χ0v) is 17.7. The van der Waals surface area contributed by atoms with Crippen molar-refractivity contribution in [1.82, 2.24) is 15.0 Å². The van der Waals surface area contributed by atoms with E-state index in [2.05, 4.69) is 10.1 Å². The zero-order chi connectivity index (χ0) is 20.6. The molecule has 0 atom stereocenters. The highest BCUT2D eigenvalue weighted by atomic mass is 32.2. The van der Waals surface area contributed by atoms with Crippen molar-refractivity contribution in [3.63, 3.8) is 0 Å². The maximum atomic E-state index is 13.0. The summed E-state index contributed by atoms with van der Waals surface area (Å²) >= 11 is 1.07. The van der Waals surface area contributed by atoms with Crippen LogP contribution in [0.5, 0.6) is 0 Å². The molecular weight excluding hydrogens is 412 g/mol. The van der Waals surface area contributed by atoms with Crippen LogP contribution < -0.4 is 4.31 Å². The summed E-state index contributed by atoms with van der Waals surface area (Å²) in [6.45, 7) is 3.31. The number of sulfonamides is 1. The van der Waals surface area contributed by atoms with Gasteiger partial charge in [-0.1, -0.05) is 22.9 Å². The van der Waals surface area contributed by atoms with Gasteiger partial charge in [-0.3, -0.25) is 9.10 Å². The molecule has 1 fully saturated rings. The van der Waals surface area contributed by atoms with Crippen LogP contribution in [-0.4, -0.2) is 49.5 Å². The Morgan fingerprint density at radius 1 is 1.21 bits per heavy atom. The Labute approximate surface area is 172 Å². The molecule has 10 heteroatoms. The fourth-order valence-electron chi connectivity index (χ4n) is 3.08. The Balaban J connectivity index is 1.56. The van der Waals surface area contributed by atoms with E-state index in [1.807, 2.05) is 19.1 Å². The van der Waals surface area contributed by atoms with Gasteiger partial charge < -0.3 is 9.42 Å². The number of benzene rings is 1. The summed E-state index contributed by atoms with van der Waals surface area (Å²) in [5.41, 5.74) is 2.12. The molecule has 0 unspecified atom stereocenters. The topological polar surface area (TPSA) is 96.6 Å². The van der Waals surface area contributed by atoms with Crippen LogP contribution in [0.3, 0.4) is 0 Å². The minimum Gasteiger partial charge on any atom is -0.334 e. The molecule has 0 aliphatic carbocycles. The van der Waals surface area contributed by atoms with Gasteiger partial charge in [0.15, 0.2) is 0 Å². The molecule has 1 amide bonds. The molecule has 1 aliphatic heterocycles. The van der Waals surface area contributed by atoms with E-state index in [1.165, 1.54) is 17.4 Å². The summed E-state index contributed by atoms with van der Waals surface area (Å²) in [5, 5.41) is 5.50. The summed E-state index contributed by atoms with van der Waals surface area (Å²) in [6.07, 6.45) is 1.93. The van der Waals surface area contributed by atoms with Crippen molar-refractivity contribution in [1.29, 1.82) is 0 Å². The number of hydrogen-bond acceptors (Lipinski definition) is 7. The molecule has 8 nitrogen and oxygen atoms in total. The number of aromatic nitrogens is 2. The highest BCUT2D eigenvalue weighted by Crippen LogP contribution is 2.31. The van der Waals surface area contributed by atoms with E-state index in [1.54, 1.807) is 22.4 Å². The predicted octanol–water partition coefficient (Wildman–Crippen LogP) is 3.17. The van der Waals surface area contributed by atoms with Crippen molar-refractivity contribution in [3.8, 4) is 11.4 Å². The van der Waals surface area contributed by atoms with Gasteiger partial charge in [0.25, 0.3) is 10.0 Å². The predicted molar refractivity (Wildman–Crippen MR) is 110 cm³/mol. The minimum absolute atomic E-state index is 0.0747. The number of hydrogen-bond donors (Lipinski definition) is 0. The molecule has 1 aromatic carbocycles. The molecule has 3 heterocycles. The third-order valence-corrected chi connectivity index (χ3v) is 8.05. The Kier molecular flexibility index (Phi) is 5.13. The average Bonchev–Trinajstić information content (AvgIpc) is 3.48. The molecule has 1 saturated heterocycles. The van der Waals surface area contributed by atoms with Crippen molar-refractivity contribution in [3.05, 3.63) is 47.2 Å². The second-order valence-corrected chi connectivity index (χ2v) is 9.99. The van der Waals surface area contributed by atoms with Crippen molar-refractivity contribution in [2.24, 2.45) is 0 Å². The van der Waals surface area contributed by atoms with Crippen LogP contribution >= 0.6 is 11.3 Å². The van der Waals surface area contributed by atoms with E-state index >= 15 is 0 Å². The van der Waals surface area contributed by atoms with E-state index in [-0.39, 0.29) is 21.8 Å². The van der Waals surface area contributed by atoms with Crippen molar-refractivity contribution < 1.29 is 17.7 Å². The number of likely N-dealkylation sites (tertiary alicyclic amines) is 1. The molecule has 3 aromatic rings. The lowest BCUT2D eigenvalue weighted by Gasteiger charge is -2.18. The number of rotatable bonds is 5. The SMILES string of the molecule is Cc1ccc(N(C)S(=O)(=O)c2cc(-c3noc(C(=O)N4CCCC4)n3)cs2)cc1. The Morgan fingerprint density at radius 2 is 1.90 bits per heavy atom. The van der Waals surface area contributed by atoms with Crippen LogP contribution in [0.2, 0.25) is 0 Å². The number of thiophene rings is 1. The van der Waals surface area contributed by atoms with Crippen molar-refractivity contribution in [2.75, 3.05) is 24.4 Å². The van der Waals surface area contributed by atoms with Crippen LogP contribution in [0.1, 0.15) is 29.1 Å². The first-order valence-corrected chi connectivity index (χ1v) is 11.5. The van der Waals surface area contributed by atoms with Gasteiger partial charge in [0.05, 0.1) is 5.69 Å². The maximum absolute atomic E-state index is 13.0. The number of nitrogens with zero attached hydrogens (tertiary/aromatic N) is 4. The van der Waals surface area contributed by atoms with Gasteiger partial charge in [0, 0.05) is 31.1 Å². The molecular formula is C19H20N4O4S2. The van der Waals surface area contributed by atoms with Gasteiger partial charge in [0.1, 0.15) is 4.21 Å². The van der Waals surface area contributed by atoms with Gasteiger partial charge >= 0.3 is 11.8 Å². The summed E-state index contributed by atoms with van der Waals surface area (Å²) in [7, 11) is -2.21. The number of aryl methyl sites for hydroxylation is 1. The molecule has 1 aliphatic rings. The average molecular weight is 433 g/mol. The molecule has 2 aromatic heterocycles. The van der Waals surface area contributed by atoms with Crippen LogP contribution in [-0.2, 0) is 10.0 Å². The number of amides is 1. The number of carbonyl (C=O) groups excluding carboxylic acids is 1. The first-order valence-electron chi connectivity index (χ1n) is 9.14. The van der Waals surface area contributed by atoms with Crippen LogP contribution in [0.4, 0.5) is 5.69 Å². The third-order valence-electron chi connectivity index (χ3n) is 4.85. The van der Waals surface area contributed by atoms with Gasteiger partial charge in [-0.2, -0.15) is 4.98 Å². The highest BCUT2D eigenvalue weighted by Gasteiger charge is 2.27. The summed E-state index contributed by atoms with van der Waals surface area (Å²) < 4.78 is 32.4. The zero-order valence-electron chi connectivity index (χ0n) is 16.0.